The molecule has 1 amide bonds. The summed E-state index contributed by atoms with van der Waals surface area (Å²) in [7, 11) is 1.58. The van der Waals surface area contributed by atoms with Crippen molar-refractivity contribution in [2.24, 2.45) is 0 Å². The van der Waals surface area contributed by atoms with Crippen molar-refractivity contribution in [3.05, 3.63) is 88.4 Å². The summed E-state index contributed by atoms with van der Waals surface area (Å²) in [4.78, 5) is 17.8. The fraction of sp³-hybridized carbons (Fsp3) is 0.0909. The van der Waals surface area contributed by atoms with E-state index >= 15 is 0 Å². The summed E-state index contributed by atoms with van der Waals surface area (Å²) in [6, 6.07) is 12.0. The number of hydrogen-bond acceptors (Lipinski definition) is 5. The number of fused-ring (bicyclic) bond motifs is 1. The molecular weight excluding hydrogens is 391 g/mol. The SMILES string of the molecule is COc1ccc2c(c1)C=C(C(=O)Nc1ncc(Cc3ccccc3F)s1)C=CO2. The number of thiazole rings is 1. The third kappa shape index (κ3) is 4.35. The Balaban J connectivity index is 1.50. The number of carbonyl (C=O) groups is 1. The number of methoxy groups -OCH3 is 1. The van der Waals surface area contributed by atoms with Gasteiger partial charge in [-0.3, -0.25) is 10.1 Å². The summed E-state index contributed by atoms with van der Waals surface area (Å²) in [5.74, 6) is 0.732. The topological polar surface area (TPSA) is 60.5 Å². The zero-order valence-electron chi connectivity index (χ0n) is 15.5. The van der Waals surface area contributed by atoms with E-state index in [1.54, 1.807) is 61.9 Å². The highest BCUT2D eigenvalue weighted by atomic mass is 32.1. The Hall–Kier alpha value is -3.45. The van der Waals surface area contributed by atoms with Crippen LogP contribution in [0.25, 0.3) is 6.08 Å². The van der Waals surface area contributed by atoms with Gasteiger partial charge >= 0.3 is 0 Å². The number of nitrogens with one attached hydrogen (secondary N) is 1. The van der Waals surface area contributed by atoms with Crippen LogP contribution in [-0.4, -0.2) is 18.0 Å². The minimum absolute atomic E-state index is 0.255. The molecule has 0 bridgehead atoms. The Morgan fingerprint density at radius 1 is 1.28 bits per heavy atom. The van der Waals surface area contributed by atoms with Crippen molar-refractivity contribution < 1.29 is 18.7 Å². The van der Waals surface area contributed by atoms with Crippen molar-refractivity contribution in [1.82, 2.24) is 4.98 Å². The van der Waals surface area contributed by atoms with Crippen LogP contribution in [0.1, 0.15) is 16.0 Å². The lowest BCUT2D eigenvalue weighted by molar-refractivity contribution is -0.112. The molecule has 0 saturated heterocycles. The molecule has 0 aliphatic carbocycles. The number of amides is 1. The van der Waals surface area contributed by atoms with Crippen molar-refractivity contribution >= 4 is 28.5 Å². The first kappa shape index (κ1) is 18.9. The van der Waals surface area contributed by atoms with Gasteiger partial charge in [0.25, 0.3) is 5.91 Å². The Kier molecular flexibility index (Phi) is 5.39. The van der Waals surface area contributed by atoms with Crippen LogP contribution >= 0.6 is 11.3 Å². The van der Waals surface area contributed by atoms with Gasteiger partial charge in [-0.2, -0.15) is 0 Å². The first-order valence-corrected chi connectivity index (χ1v) is 9.66. The monoisotopic (exact) mass is 408 g/mol. The first-order chi connectivity index (χ1) is 14.1. The zero-order chi connectivity index (χ0) is 20.2. The molecule has 2 aromatic carbocycles. The molecule has 0 unspecified atom stereocenters. The van der Waals surface area contributed by atoms with E-state index < -0.39 is 0 Å². The van der Waals surface area contributed by atoms with Crippen LogP contribution in [0.5, 0.6) is 11.5 Å². The Bertz CT molecular complexity index is 1120. The van der Waals surface area contributed by atoms with Gasteiger partial charge in [-0.15, -0.1) is 11.3 Å². The van der Waals surface area contributed by atoms with Crippen LogP contribution < -0.4 is 14.8 Å². The largest absolute Gasteiger partial charge is 0.497 e. The van der Waals surface area contributed by atoms with Crippen molar-refractivity contribution in [3.63, 3.8) is 0 Å². The van der Waals surface area contributed by atoms with Gasteiger partial charge in [-0.25, -0.2) is 9.37 Å². The number of halogens is 1. The summed E-state index contributed by atoms with van der Waals surface area (Å²) >= 11 is 1.31. The molecule has 1 aliphatic heterocycles. The average Bonchev–Trinajstić information content (AvgIpc) is 3.04. The number of benzene rings is 2. The van der Waals surface area contributed by atoms with Gasteiger partial charge in [0.15, 0.2) is 5.13 Å². The highest BCUT2D eigenvalue weighted by Crippen LogP contribution is 2.29. The van der Waals surface area contributed by atoms with Crippen LogP contribution in [0.2, 0.25) is 0 Å². The number of nitrogens with zero attached hydrogens (tertiary/aromatic N) is 1. The first-order valence-electron chi connectivity index (χ1n) is 8.85. The van der Waals surface area contributed by atoms with Crippen LogP contribution in [0.3, 0.4) is 0 Å². The molecule has 0 atom stereocenters. The molecule has 0 radical (unpaired) electrons. The molecular formula is C22H17FN2O3S. The maximum Gasteiger partial charge on any atom is 0.257 e. The predicted molar refractivity (Wildman–Crippen MR) is 111 cm³/mol. The molecule has 0 spiro atoms. The van der Waals surface area contributed by atoms with Crippen LogP contribution in [0.4, 0.5) is 9.52 Å². The molecule has 0 saturated carbocycles. The van der Waals surface area contributed by atoms with Crippen molar-refractivity contribution in [3.8, 4) is 11.5 Å². The third-order valence-electron chi connectivity index (χ3n) is 4.33. The molecule has 1 N–H and O–H groups in total. The zero-order valence-corrected chi connectivity index (χ0v) is 16.3. The number of hydrogen-bond donors (Lipinski definition) is 1. The highest BCUT2D eigenvalue weighted by Gasteiger charge is 2.15. The number of anilines is 1. The van der Waals surface area contributed by atoms with Gasteiger partial charge in [0.1, 0.15) is 17.3 Å². The summed E-state index contributed by atoms with van der Waals surface area (Å²) < 4.78 is 24.6. The Morgan fingerprint density at radius 3 is 2.97 bits per heavy atom. The van der Waals surface area contributed by atoms with E-state index in [9.17, 15) is 9.18 Å². The Morgan fingerprint density at radius 2 is 2.14 bits per heavy atom. The average molecular weight is 408 g/mol. The number of aromatic nitrogens is 1. The number of rotatable bonds is 5. The molecule has 146 valence electrons. The summed E-state index contributed by atoms with van der Waals surface area (Å²) in [6.07, 6.45) is 6.85. The maximum absolute atomic E-state index is 13.8. The fourth-order valence-corrected chi connectivity index (χ4v) is 3.69. The van der Waals surface area contributed by atoms with Gasteiger partial charge in [-0.05, 0) is 42.0 Å². The van der Waals surface area contributed by atoms with E-state index in [1.165, 1.54) is 23.7 Å². The summed E-state index contributed by atoms with van der Waals surface area (Å²) in [5, 5.41) is 3.24. The minimum atomic E-state index is -0.313. The second-order valence-corrected chi connectivity index (χ2v) is 7.39. The molecule has 4 rings (SSSR count). The predicted octanol–water partition coefficient (Wildman–Crippen LogP) is 4.81. The van der Waals surface area contributed by atoms with Gasteiger partial charge in [0.05, 0.1) is 13.4 Å². The third-order valence-corrected chi connectivity index (χ3v) is 5.24. The standard InChI is InChI=1S/C22H17FN2O3S/c1-27-17-6-7-20-16(11-17)10-15(8-9-28-20)21(26)25-22-24-13-18(29-22)12-14-4-2-3-5-19(14)23/h2-11,13H,12H2,1H3,(H,24,25,26). The highest BCUT2D eigenvalue weighted by molar-refractivity contribution is 7.15. The summed E-state index contributed by atoms with van der Waals surface area (Å²) in [6.45, 7) is 0. The van der Waals surface area contributed by atoms with E-state index in [1.807, 2.05) is 0 Å². The fourth-order valence-electron chi connectivity index (χ4n) is 2.86. The normalized spacial score (nSPS) is 12.4. The van der Waals surface area contributed by atoms with E-state index in [0.29, 0.717) is 34.2 Å². The number of carbonyl (C=O) groups excluding carboxylic acids is 1. The maximum atomic E-state index is 13.8. The smallest absolute Gasteiger partial charge is 0.257 e. The van der Waals surface area contributed by atoms with E-state index in [4.69, 9.17) is 9.47 Å². The van der Waals surface area contributed by atoms with Crippen molar-refractivity contribution in [2.45, 2.75) is 6.42 Å². The van der Waals surface area contributed by atoms with E-state index in [0.717, 1.165) is 10.4 Å². The summed E-state index contributed by atoms with van der Waals surface area (Å²) in [5.41, 5.74) is 1.74. The van der Waals surface area contributed by atoms with Gasteiger partial charge in [-0.1, -0.05) is 18.2 Å². The lowest BCUT2D eigenvalue weighted by Gasteiger charge is -2.06. The van der Waals surface area contributed by atoms with Crippen LogP contribution in [-0.2, 0) is 11.2 Å². The van der Waals surface area contributed by atoms with Crippen LogP contribution in [0.15, 0.2) is 66.6 Å². The molecule has 1 aliphatic rings. The second kappa shape index (κ2) is 8.28. The molecule has 3 aromatic rings. The van der Waals surface area contributed by atoms with E-state index in [-0.39, 0.29) is 11.7 Å². The lowest BCUT2D eigenvalue weighted by Crippen LogP contribution is -2.12. The van der Waals surface area contributed by atoms with Gasteiger partial charge in [0, 0.05) is 28.6 Å². The second-order valence-electron chi connectivity index (χ2n) is 6.28. The molecule has 0 fully saturated rings. The number of ether oxygens (including phenoxy) is 2. The van der Waals surface area contributed by atoms with Crippen LogP contribution in [0, 0.1) is 5.82 Å². The molecule has 5 nitrogen and oxygen atoms in total. The van der Waals surface area contributed by atoms with Crippen molar-refractivity contribution in [2.75, 3.05) is 12.4 Å². The lowest BCUT2D eigenvalue weighted by atomic mass is 10.1. The van der Waals surface area contributed by atoms with Crippen molar-refractivity contribution in [1.29, 1.82) is 0 Å². The molecule has 29 heavy (non-hydrogen) atoms. The van der Waals surface area contributed by atoms with E-state index in [2.05, 4.69) is 10.3 Å². The quantitative estimate of drug-likeness (QED) is 0.658. The molecule has 2 heterocycles. The van der Waals surface area contributed by atoms with Gasteiger partial charge < -0.3 is 9.47 Å². The Labute approximate surface area is 171 Å². The van der Waals surface area contributed by atoms with Gasteiger partial charge in [0.2, 0.25) is 0 Å². The minimum Gasteiger partial charge on any atom is -0.497 e. The molecule has 7 heteroatoms. The molecule has 1 aromatic heterocycles.